The van der Waals surface area contributed by atoms with E-state index < -0.39 is 5.66 Å². The average molecular weight is 415 g/mol. The van der Waals surface area contributed by atoms with Crippen molar-refractivity contribution in [3.8, 4) is 5.75 Å². The minimum Gasteiger partial charge on any atom is -0.493 e. The number of fused-ring (bicyclic) bond motifs is 1. The fraction of sp³-hybridized carbons (Fsp3) is 0.296. The van der Waals surface area contributed by atoms with Crippen LogP contribution in [-0.4, -0.2) is 24.0 Å². The summed E-state index contributed by atoms with van der Waals surface area (Å²) < 4.78 is 6.25. The van der Waals surface area contributed by atoms with Crippen LogP contribution in [0.1, 0.15) is 48.2 Å². The molecule has 0 fully saturated rings. The van der Waals surface area contributed by atoms with E-state index >= 15 is 0 Å². The highest BCUT2D eigenvalue weighted by Crippen LogP contribution is 2.41. The Bertz CT molecular complexity index is 1030. The molecule has 1 aliphatic heterocycles. The maximum absolute atomic E-state index is 13.4. The number of nitrogens with one attached hydrogen (secondary N) is 1. The Kier molecular flexibility index (Phi) is 6.26. The molecule has 160 valence electrons. The van der Waals surface area contributed by atoms with Gasteiger partial charge in [0.25, 0.3) is 5.91 Å². The quantitative estimate of drug-likeness (QED) is 0.470. The molecular weight excluding hydrogens is 384 g/mol. The highest BCUT2D eigenvalue weighted by atomic mass is 16.5. The molecule has 4 heteroatoms. The number of anilines is 1. The van der Waals surface area contributed by atoms with Crippen LogP contribution >= 0.6 is 0 Å². The molecule has 0 radical (unpaired) electrons. The Hall–Kier alpha value is -3.27. The summed E-state index contributed by atoms with van der Waals surface area (Å²) in [5.41, 5.74) is 3.19. The molecule has 0 aromatic heterocycles. The number of benzene rings is 3. The van der Waals surface area contributed by atoms with E-state index in [-0.39, 0.29) is 5.91 Å². The van der Waals surface area contributed by atoms with Gasteiger partial charge in [-0.1, -0.05) is 67.6 Å². The third-order valence-electron chi connectivity index (χ3n) is 5.89. The standard InChI is InChI=1S/C27H30N2O2/c1-3-19-29-26(30)22-15-7-9-17-24(22)28-27(29,2)23-16-8-10-18-25(23)31-20-11-14-21-12-5-4-6-13-21/h4-10,12-13,15-18,28H,3,11,14,19-20H2,1-2H3. The largest absolute Gasteiger partial charge is 0.493 e. The molecule has 0 saturated carbocycles. The fourth-order valence-electron chi connectivity index (χ4n) is 4.32. The fourth-order valence-corrected chi connectivity index (χ4v) is 4.32. The number of hydrogen-bond donors (Lipinski definition) is 1. The molecule has 0 aliphatic carbocycles. The van der Waals surface area contributed by atoms with Gasteiger partial charge in [-0.3, -0.25) is 4.79 Å². The van der Waals surface area contributed by atoms with Gasteiger partial charge in [0.1, 0.15) is 11.4 Å². The van der Waals surface area contributed by atoms with E-state index in [0.29, 0.717) is 13.2 Å². The highest BCUT2D eigenvalue weighted by Gasteiger charge is 2.43. The summed E-state index contributed by atoms with van der Waals surface area (Å²) in [7, 11) is 0. The summed E-state index contributed by atoms with van der Waals surface area (Å²) >= 11 is 0. The van der Waals surface area contributed by atoms with Crippen molar-refractivity contribution >= 4 is 11.6 Å². The van der Waals surface area contributed by atoms with Gasteiger partial charge in [-0.2, -0.15) is 0 Å². The van der Waals surface area contributed by atoms with Crippen LogP contribution in [-0.2, 0) is 12.1 Å². The van der Waals surface area contributed by atoms with E-state index in [4.69, 9.17) is 4.74 Å². The molecule has 1 amide bonds. The topological polar surface area (TPSA) is 41.6 Å². The van der Waals surface area contributed by atoms with E-state index in [2.05, 4.69) is 49.5 Å². The number of rotatable bonds is 8. The maximum atomic E-state index is 13.4. The molecule has 0 bridgehead atoms. The van der Waals surface area contributed by atoms with Gasteiger partial charge in [-0.05, 0) is 49.9 Å². The van der Waals surface area contributed by atoms with Crippen molar-refractivity contribution in [1.29, 1.82) is 0 Å². The number of hydrogen-bond acceptors (Lipinski definition) is 3. The van der Waals surface area contributed by atoms with Gasteiger partial charge in [0, 0.05) is 17.8 Å². The third kappa shape index (κ3) is 4.29. The molecule has 0 spiro atoms. The highest BCUT2D eigenvalue weighted by molar-refractivity contribution is 6.02. The zero-order valence-electron chi connectivity index (χ0n) is 18.3. The van der Waals surface area contributed by atoms with Crippen LogP contribution in [0.5, 0.6) is 5.75 Å². The zero-order chi connectivity index (χ0) is 21.7. The number of para-hydroxylation sites is 2. The monoisotopic (exact) mass is 414 g/mol. The molecule has 4 nitrogen and oxygen atoms in total. The van der Waals surface area contributed by atoms with Crippen molar-refractivity contribution in [2.24, 2.45) is 0 Å². The summed E-state index contributed by atoms with van der Waals surface area (Å²) in [5, 5.41) is 3.64. The third-order valence-corrected chi connectivity index (χ3v) is 5.89. The lowest BCUT2D eigenvalue weighted by molar-refractivity contribution is 0.0529. The Labute approximate surface area is 184 Å². The molecule has 1 atom stereocenters. The molecule has 3 aromatic rings. The van der Waals surface area contributed by atoms with E-state index in [1.54, 1.807) is 0 Å². The van der Waals surface area contributed by atoms with Crippen molar-refractivity contribution in [3.05, 3.63) is 95.6 Å². The van der Waals surface area contributed by atoms with Gasteiger partial charge in [0.05, 0.1) is 12.2 Å². The second kappa shape index (κ2) is 9.25. The van der Waals surface area contributed by atoms with Gasteiger partial charge in [0.2, 0.25) is 0 Å². The first kappa shape index (κ1) is 21.0. The van der Waals surface area contributed by atoms with Crippen molar-refractivity contribution in [2.45, 2.75) is 38.8 Å². The Morgan fingerprint density at radius 3 is 2.45 bits per heavy atom. The molecule has 1 unspecified atom stereocenters. The van der Waals surface area contributed by atoms with Gasteiger partial charge >= 0.3 is 0 Å². The van der Waals surface area contributed by atoms with Crippen LogP contribution < -0.4 is 10.1 Å². The Balaban J connectivity index is 1.58. The van der Waals surface area contributed by atoms with Crippen molar-refractivity contribution in [3.63, 3.8) is 0 Å². The zero-order valence-corrected chi connectivity index (χ0v) is 18.3. The molecular formula is C27H30N2O2. The molecule has 1 aliphatic rings. The Morgan fingerprint density at radius 2 is 1.65 bits per heavy atom. The first-order chi connectivity index (χ1) is 15.1. The normalized spacial score (nSPS) is 17.7. The van der Waals surface area contributed by atoms with Crippen molar-refractivity contribution in [2.75, 3.05) is 18.5 Å². The van der Waals surface area contributed by atoms with Gasteiger partial charge in [0.15, 0.2) is 0 Å². The van der Waals surface area contributed by atoms with Crippen LogP contribution in [0.4, 0.5) is 5.69 Å². The molecule has 0 saturated heterocycles. The van der Waals surface area contributed by atoms with E-state index in [9.17, 15) is 4.79 Å². The number of amides is 1. The summed E-state index contributed by atoms with van der Waals surface area (Å²) in [6.07, 6.45) is 2.79. The van der Waals surface area contributed by atoms with E-state index in [0.717, 1.165) is 41.8 Å². The lowest BCUT2D eigenvalue weighted by Crippen LogP contribution is -2.56. The summed E-state index contributed by atoms with van der Waals surface area (Å²) in [5.74, 6) is 0.872. The molecule has 1 N–H and O–H groups in total. The minimum absolute atomic E-state index is 0.0533. The summed E-state index contributed by atoms with van der Waals surface area (Å²) in [4.78, 5) is 15.3. The second-order valence-electron chi connectivity index (χ2n) is 8.13. The van der Waals surface area contributed by atoms with Gasteiger partial charge < -0.3 is 15.0 Å². The smallest absolute Gasteiger partial charge is 0.258 e. The lowest BCUT2D eigenvalue weighted by atomic mass is 9.92. The van der Waals surface area contributed by atoms with Crippen LogP contribution in [0.2, 0.25) is 0 Å². The van der Waals surface area contributed by atoms with E-state index in [1.807, 2.05) is 53.4 Å². The molecule has 3 aromatic carbocycles. The molecule has 31 heavy (non-hydrogen) atoms. The van der Waals surface area contributed by atoms with Crippen LogP contribution in [0.15, 0.2) is 78.9 Å². The molecule has 1 heterocycles. The summed E-state index contributed by atoms with van der Waals surface area (Å²) in [6, 6.07) is 26.2. The first-order valence-corrected chi connectivity index (χ1v) is 11.1. The number of carbonyl (C=O) groups excluding carboxylic acids is 1. The van der Waals surface area contributed by atoms with Crippen LogP contribution in [0.25, 0.3) is 0 Å². The van der Waals surface area contributed by atoms with Gasteiger partial charge in [-0.15, -0.1) is 0 Å². The van der Waals surface area contributed by atoms with E-state index in [1.165, 1.54) is 5.56 Å². The predicted molar refractivity (Wildman–Crippen MR) is 125 cm³/mol. The van der Waals surface area contributed by atoms with Gasteiger partial charge in [-0.25, -0.2) is 0 Å². The number of nitrogens with zero attached hydrogens (tertiary/aromatic N) is 1. The predicted octanol–water partition coefficient (Wildman–Crippen LogP) is 5.85. The number of carbonyl (C=O) groups is 1. The van der Waals surface area contributed by atoms with Crippen molar-refractivity contribution < 1.29 is 9.53 Å². The second-order valence-corrected chi connectivity index (χ2v) is 8.13. The first-order valence-electron chi connectivity index (χ1n) is 11.1. The van der Waals surface area contributed by atoms with Crippen LogP contribution in [0, 0.1) is 0 Å². The molecule has 4 rings (SSSR count). The Morgan fingerprint density at radius 1 is 0.935 bits per heavy atom. The summed E-state index contributed by atoms with van der Waals surface area (Å²) in [6.45, 7) is 5.46. The van der Waals surface area contributed by atoms with Crippen LogP contribution in [0.3, 0.4) is 0 Å². The SMILES string of the molecule is CCCN1C(=O)c2ccccc2NC1(C)c1ccccc1OCCCc1ccccc1. The van der Waals surface area contributed by atoms with Crippen molar-refractivity contribution in [1.82, 2.24) is 4.90 Å². The average Bonchev–Trinajstić information content (AvgIpc) is 2.80. The minimum atomic E-state index is -0.683. The lowest BCUT2D eigenvalue weighted by Gasteiger charge is -2.47. The number of ether oxygens (including phenoxy) is 1. The maximum Gasteiger partial charge on any atom is 0.258 e. The number of aryl methyl sites for hydroxylation is 1.